The molecule has 0 amide bonds. The highest BCUT2D eigenvalue weighted by Crippen LogP contribution is 2.21. The third-order valence-corrected chi connectivity index (χ3v) is 3.34. The third kappa shape index (κ3) is 8.21. The molecule has 1 aliphatic rings. The molecule has 0 bridgehead atoms. The van der Waals surface area contributed by atoms with Crippen molar-refractivity contribution in [1.29, 1.82) is 0 Å². The molecule has 1 atom stereocenters. The van der Waals surface area contributed by atoms with Crippen LogP contribution in [-0.4, -0.2) is 37.0 Å². The van der Waals surface area contributed by atoms with Crippen molar-refractivity contribution in [3.8, 4) is 0 Å². The van der Waals surface area contributed by atoms with E-state index in [-0.39, 0.29) is 11.3 Å². The Bertz CT molecular complexity index is 501. The summed E-state index contributed by atoms with van der Waals surface area (Å²) in [6.45, 7) is 11.5. The minimum atomic E-state index is -0.318. The molecule has 1 aliphatic heterocycles. The molecule has 5 nitrogen and oxygen atoms in total. The Hall–Kier alpha value is -1.30. The van der Waals surface area contributed by atoms with Gasteiger partial charge < -0.3 is 14.8 Å². The van der Waals surface area contributed by atoms with E-state index in [2.05, 4.69) is 15.4 Å². The summed E-state index contributed by atoms with van der Waals surface area (Å²) in [5.74, 6) is 0. The average molecular weight is 343 g/mol. The maximum absolute atomic E-state index is 9.60. The number of carbonyl (C=O) groups excluding carboxylic acids is 1. The normalized spacial score (nSPS) is 19.5. The van der Waals surface area contributed by atoms with E-state index in [1.165, 1.54) is 0 Å². The van der Waals surface area contributed by atoms with Crippen LogP contribution in [0.25, 0.3) is 0 Å². The van der Waals surface area contributed by atoms with Crippen molar-refractivity contribution in [2.45, 2.75) is 52.0 Å². The molecule has 1 aromatic carbocycles. The lowest BCUT2D eigenvalue weighted by Crippen LogP contribution is -2.41. The smallest absolute Gasteiger partial charge is 0.293 e. The van der Waals surface area contributed by atoms with E-state index >= 15 is 0 Å². The molecule has 1 fully saturated rings. The Morgan fingerprint density at radius 1 is 1.43 bits per heavy atom. The Labute approximate surface area is 143 Å². The maximum Gasteiger partial charge on any atom is 0.293 e. The second kappa shape index (κ2) is 8.52. The number of halogens is 1. The van der Waals surface area contributed by atoms with E-state index in [4.69, 9.17) is 16.3 Å². The zero-order valence-electron chi connectivity index (χ0n) is 14.5. The summed E-state index contributed by atoms with van der Waals surface area (Å²) in [7, 11) is 0. The fourth-order valence-corrected chi connectivity index (χ4v) is 2.18. The summed E-state index contributed by atoms with van der Waals surface area (Å²) < 4.78 is 10.1. The molecule has 2 rings (SSSR count). The van der Waals surface area contributed by atoms with Gasteiger partial charge in [0.05, 0.1) is 23.4 Å². The van der Waals surface area contributed by atoms with Crippen LogP contribution in [0.3, 0.4) is 0 Å². The predicted octanol–water partition coefficient (Wildman–Crippen LogP) is 3.43. The summed E-state index contributed by atoms with van der Waals surface area (Å²) in [4.78, 5) is 9.60. The molecule has 1 heterocycles. The van der Waals surface area contributed by atoms with Gasteiger partial charge in [0.25, 0.3) is 6.47 Å². The molecule has 1 unspecified atom stereocenters. The number of para-hydroxylation sites is 1. The molecule has 0 aromatic heterocycles. The Balaban J connectivity index is 0.000000322. The molecule has 2 N–H and O–H groups in total. The third-order valence-electron chi connectivity index (χ3n) is 3.01. The summed E-state index contributed by atoms with van der Waals surface area (Å²) in [5.41, 5.74) is 0.435. The summed E-state index contributed by atoms with van der Waals surface area (Å²) >= 11 is 6.05. The van der Waals surface area contributed by atoms with Crippen molar-refractivity contribution in [2.24, 2.45) is 0 Å². The number of rotatable bonds is 4. The van der Waals surface area contributed by atoms with Crippen LogP contribution in [0, 0.1) is 0 Å². The zero-order chi connectivity index (χ0) is 17.5. The van der Waals surface area contributed by atoms with Gasteiger partial charge in [-0.1, -0.05) is 23.7 Å². The van der Waals surface area contributed by atoms with Gasteiger partial charge >= 0.3 is 0 Å². The van der Waals surface area contributed by atoms with Gasteiger partial charge in [-0.05, 0) is 46.8 Å². The molecule has 0 radical (unpaired) electrons. The SMILES string of the molecule is CC(C)(C)OC=O.CC1(C)NC(CNc2ccccc2Cl)CO1. The van der Waals surface area contributed by atoms with Crippen LogP contribution in [0.15, 0.2) is 24.3 Å². The number of nitrogens with one attached hydrogen (secondary N) is 2. The second-order valence-electron chi connectivity index (χ2n) is 6.85. The van der Waals surface area contributed by atoms with E-state index in [0.717, 1.165) is 23.9 Å². The van der Waals surface area contributed by atoms with Gasteiger partial charge in [0.15, 0.2) is 0 Å². The van der Waals surface area contributed by atoms with E-state index in [1.54, 1.807) is 0 Å². The van der Waals surface area contributed by atoms with Crippen molar-refractivity contribution in [3.05, 3.63) is 29.3 Å². The fourth-order valence-electron chi connectivity index (χ4n) is 1.98. The van der Waals surface area contributed by atoms with E-state index in [9.17, 15) is 4.79 Å². The molecule has 130 valence electrons. The highest BCUT2D eigenvalue weighted by molar-refractivity contribution is 6.33. The molecular weight excluding hydrogens is 316 g/mol. The Morgan fingerprint density at radius 2 is 2.09 bits per heavy atom. The highest BCUT2D eigenvalue weighted by Gasteiger charge is 2.30. The van der Waals surface area contributed by atoms with Crippen molar-refractivity contribution >= 4 is 23.8 Å². The number of anilines is 1. The van der Waals surface area contributed by atoms with Gasteiger partial charge in [-0.3, -0.25) is 10.1 Å². The largest absolute Gasteiger partial charge is 0.462 e. The summed E-state index contributed by atoms with van der Waals surface area (Å²) in [6, 6.07) is 8.08. The lowest BCUT2D eigenvalue weighted by atomic mass is 10.2. The molecule has 23 heavy (non-hydrogen) atoms. The number of benzene rings is 1. The first kappa shape index (κ1) is 19.7. The number of hydrogen-bond acceptors (Lipinski definition) is 5. The van der Waals surface area contributed by atoms with Crippen molar-refractivity contribution < 1.29 is 14.3 Å². The van der Waals surface area contributed by atoms with Crippen LogP contribution in [-0.2, 0) is 14.3 Å². The van der Waals surface area contributed by atoms with Gasteiger partial charge in [-0.25, -0.2) is 0 Å². The van der Waals surface area contributed by atoms with Gasteiger partial charge in [0.2, 0.25) is 0 Å². The van der Waals surface area contributed by atoms with Crippen LogP contribution < -0.4 is 10.6 Å². The van der Waals surface area contributed by atoms with Crippen molar-refractivity contribution in [3.63, 3.8) is 0 Å². The van der Waals surface area contributed by atoms with E-state index in [0.29, 0.717) is 12.5 Å². The lowest BCUT2D eigenvalue weighted by molar-refractivity contribution is -0.138. The van der Waals surface area contributed by atoms with Crippen molar-refractivity contribution in [1.82, 2.24) is 5.32 Å². The van der Waals surface area contributed by atoms with Crippen LogP contribution in [0.4, 0.5) is 5.69 Å². The minimum absolute atomic E-state index is 0.215. The molecule has 0 saturated carbocycles. The zero-order valence-corrected chi connectivity index (χ0v) is 15.2. The quantitative estimate of drug-likeness (QED) is 0.821. The summed E-state index contributed by atoms with van der Waals surface area (Å²) in [6.07, 6.45) is 0. The monoisotopic (exact) mass is 342 g/mol. The predicted molar refractivity (Wildman–Crippen MR) is 93.8 cm³/mol. The molecule has 0 aliphatic carbocycles. The first-order valence-corrected chi connectivity index (χ1v) is 8.02. The fraction of sp³-hybridized carbons (Fsp3) is 0.588. The van der Waals surface area contributed by atoms with Crippen molar-refractivity contribution in [2.75, 3.05) is 18.5 Å². The summed E-state index contributed by atoms with van der Waals surface area (Å²) in [5, 5.41) is 7.46. The molecular formula is C17H27ClN2O3. The number of ether oxygens (including phenoxy) is 2. The number of hydrogen-bond donors (Lipinski definition) is 2. The standard InChI is InChI=1S/C12H17ClN2O.C5H10O2/c1-12(2)15-9(8-16-12)7-14-11-6-4-3-5-10(11)13;1-5(2,3)7-4-6/h3-6,9,14-15H,7-8H2,1-2H3;4H,1-3H3. The van der Waals surface area contributed by atoms with Crippen LogP contribution >= 0.6 is 11.6 Å². The van der Waals surface area contributed by atoms with Gasteiger partial charge in [0.1, 0.15) is 11.3 Å². The van der Waals surface area contributed by atoms with Crippen LogP contribution in [0.1, 0.15) is 34.6 Å². The van der Waals surface area contributed by atoms with E-state index in [1.807, 2.05) is 58.9 Å². The highest BCUT2D eigenvalue weighted by atomic mass is 35.5. The van der Waals surface area contributed by atoms with E-state index < -0.39 is 0 Å². The first-order chi connectivity index (χ1) is 10.6. The molecule has 1 saturated heterocycles. The van der Waals surface area contributed by atoms with Gasteiger partial charge in [-0.15, -0.1) is 0 Å². The maximum atomic E-state index is 9.60. The van der Waals surface area contributed by atoms with Gasteiger partial charge in [-0.2, -0.15) is 0 Å². The molecule has 1 aromatic rings. The van der Waals surface area contributed by atoms with Crippen LogP contribution in [0.5, 0.6) is 0 Å². The Morgan fingerprint density at radius 3 is 2.52 bits per heavy atom. The lowest BCUT2D eigenvalue weighted by Gasteiger charge is -2.18. The first-order valence-electron chi connectivity index (χ1n) is 7.64. The molecule has 0 spiro atoms. The van der Waals surface area contributed by atoms with Crippen LogP contribution in [0.2, 0.25) is 5.02 Å². The molecule has 6 heteroatoms. The number of carbonyl (C=O) groups is 1. The van der Waals surface area contributed by atoms with Gasteiger partial charge in [0, 0.05) is 6.54 Å². The minimum Gasteiger partial charge on any atom is -0.462 e. The average Bonchev–Trinajstić information content (AvgIpc) is 2.77. The second-order valence-corrected chi connectivity index (χ2v) is 7.26. The topological polar surface area (TPSA) is 59.6 Å². The Kier molecular flexibility index (Phi) is 7.32.